The summed E-state index contributed by atoms with van der Waals surface area (Å²) in [5.74, 6) is 2.54. The van der Waals surface area contributed by atoms with Crippen molar-refractivity contribution in [3.05, 3.63) is 98.6 Å². The highest BCUT2D eigenvalue weighted by molar-refractivity contribution is 6.33. The van der Waals surface area contributed by atoms with Gasteiger partial charge in [0.05, 0.1) is 71.0 Å². The van der Waals surface area contributed by atoms with Crippen LogP contribution in [0.4, 0.5) is 34.8 Å². The van der Waals surface area contributed by atoms with Crippen LogP contribution in [0, 0.1) is 10.1 Å². The van der Waals surface area contributed by atoms with Crippen molar-refractivity contribution >= 4 is 132 Å². The average molecular weight is 1730 g/mol. The maximum atomic E-state index is 12.3. The number of aliphatic carboxylic acids is 1. The number of morpholine rings is 5. The molecule has 121 heavy (non-hydrogen) atoms. The van der Waals surface area contributed by atoms with E-state index in [1.54, 1.807) is 91.0 Å². The normalized spacial score (nSPS) is 15.2. The highest BCUT2D eigenvalue weighted by Gasteiger charge is 2.32. The van der Waals surface area contributed by atoms with E-state index in [-0.39, 0.29) is 64.1 Å². The standard InChI is InChI=1S/C20H24N6O4.C16H16N6O4.C16H18N6O2.C14H19ClN6O3.C8H8Cl2N4O3/c1-20(2,3)30-15(28)12-26-19-16(23-24-26)18(25-7-9-29-10-8-25)21-17(22-19)13-5-4-6-14(27)11-13;23-11-3-1-2-10(8-11)14-17-15(21-4-6-26-7-5-21)13-16(18-14)22(20-19-13)9-12(24)25;1-2-22-16-13(19-20-22)15(21-6-8-24-9-7-21)17-14(18-16)11-4-3-5-12(23)10-11;1-14(2,3)24-9(22)8-21-12-10(18-19-21)11(16-13(15)17-12)20-4-6-23-7-5-20;9-6-5(14(15)16)7(12-8(10)11-6)13-1-3-17-4-2-13/h4-6,11,27H,7-10,12H2,1-3H3;1-3,8,23H,4-7,9H2,(H,24,25);3-5,10,23H,2,6-9H2,1H3;4-8H2,1-3H3;1-4H2. The van der Waals surface area contributed by atoms with E-state index in [1.165, 1.54) is 14.0 Å². The Kier molecular flexibility index (Phi) is 27.6. The smallest absolute Gasteiger partial charge is 0.348 e. The van der Waals surface area contributed by atoms with Gasteiger partial charge in [-0.1, -0.05) is 68.9 Å². The monoisotopic (exact) mass is 1730 g/mol. The number of benzene rings is 3. The number of rotatable bonds is 16. The number of aromatic nitrogens is 22. The number of halogens is 3. The van der Waals surface area contributed by atoms with Crippen molar-refractivity contribution in [2.24, 2.45) is 0 Å². The molecule has 0 aliphatic carbocycles. The number of nitro groups is 1. The highest BCUT2D eigenvalue weighted by Crippen LogP contribution is 2.36. The molecule has 0 saturated carbocycles. The fourth-order valence-corrected chi connectivity index (χ4v) is 13.4. The molecular formula is C74H85Cl3N28O16. The summed E-state index contributed by atoms with van der Waals surface area (Å²) in [6.07, 6.45) is 0. The molecule has 0 unspecified atom stereocenters. The first-order valence-electron chi connectivity index (χ1n) is 38.3. The Hall–Kier alpha value is -12.5. The molecular weight excluding hydrogens is 1640 g/mol. The minimum atomic E-state index is -1.04. The summed E-state index contributed by atoms with van der Waals surface area (Å²) in [6.45, 7) is 25.2. The van der Waals surface area contributed by atoms with Gasteiger partial charge in [0.1, 0.15) is 48.1 Å². The zero-order valence-corrected chi connectivity index (χ0v) is 69.0. The zero-order valence-electron chi connectivity index (χ0n) is 66.7. The first kappa shape index (κ1) is 86.4. The molecule has 5 fully saturated rings. The molecule has 0 radical (unpaired) electrons. The van der Waals surface area contributed by atoms with Crippen LogP contribution in [0.5, 0.6) is 17.2 Å². The number of nitrogens with zero attached hydrogens (tertiary/aromatic N) is 28. The predicted octanol–water partition coefficient (Wildman–Crippen LogP) is 6.32. The van der Waals surface area contributed by atoms with Gasteiger partial charge < -0.3 is 78.1 Å². The summed E-state index contributed by atoms with van der Waals surface area (Å²) in [7, 11) is 0. The second kappa shape index (κ2) is 38.7. The minimum Gasteiger partial charge on any atom is -0.508 e. The van der Waals surface area contributed by atoms with E-state index in [9.17, 15) is 39.8 Å². The van der Waals surface area contributed by atoms with E-state index < -0.39 is 34.0 Å². The fraction of sp³-hybridized carbons (Fsp3) is 0.446. The van der Waals surface area contributed by atoms with Crippen LogP contribution in [0.1, 0.15) is 48.5 Å². The Balaban J connectivity index is 0.000000132. The SMILES string of the molecule is CC(C)(C)OC(=O)Cn1nnc2c(N3CCOCC3)nc(-c3cccc(O)c3)nc21.CC(C)(C)OC(=O)Cn1nnc2c(N3CCOCC3)nc(Cl)nc21.CCn1nnc2c(N3CCOCC3)nc(-c3cccc(O)c3)nc21.O=C(O)Cn1nnc2c(N3CCOCC3)nc(-c3cccc(O)c3)nc21.O=[N+]([O-])c1c(Cl)nc(Cl)nc1N1CCOCC1. The van der Waals surface area contributed by atoms with Gasteiger partial charge in [0.25, 0.3) is 0 Å². The number of anilines is 5. The number of phenolic OH excluding ortho intramolecular Hbond substituents is 3. The van der Waals surface area contributed by atoms with Crippen molar-refractivity contribution in [3.63, 3.8) is 0 Å². The van der Waals surface area contributed by atoms with Crippen LogP contribution in [0.15, 0.2) is 72.8 Å². The number of esters is 2. The van der Waals surface area contributed by atoms with Crippen LogP contribution in [0.25, 0.3) is 78.8 Å². The topological polar surface area (TPSA) is 508 Å². The number of hydrogen-bond acceptors (Lipinski definition) is 38. The molecule has 0 spiro atoms. The van der Waals surface area contributed by atoms with E-state index in [1.807, 2.05) is 49.6 Å². The van der Waals surface area contributed by atoms with Crippen LogP contribution in [-0.4, -0.2) is 296 Å². The summed E-state index contributed by atoms with van der Waals surface area (Å²) < 4.78 is 43.3. The molecule has 0 amide bonds. The third-order valence-corrected chi connectivity index (χ3v) is 18.8. The number of fused-ring (bicyclic) bond motifs is 4. The number of carbonyl (C=O) groups is 3. The van der Waals surface area contributed by atoms with Gasteiger partial charge in [0.2, 0.25) is 21.5 Å². The van der Waals surface area contributed by atoms with E-state index in [4.69, 9.17) is 83.0 Å². The number of carboxylic acid groups (broad SMARTS) is 1. The molecule has 5 aliphatic heterocycles. The third kappa shape index (κ3) is 22.0. The summed E-state index contributed by atoms with van der Waals surface area (Å²) >= 11 is 17.4. The van der Waals surface area contributed by atoms with Crippen molar-refractivity contribution < 1.29 is 72.9 Å². The van der Waals surface area contributed by atoms with Crippen LogP contribution in [0.3, 0.4) is 0 Å². The molecule has 638 valence electrons. The number of aromatic hydroxyl groups is 3. The molecule has 9 aromatic heterocycles. The van der Waals surface area contributed by atoms with Crippen LogP contribution >= 0.6 is 34.8 Å². The summed E-state index contributed by atoms with van der Waals surface area (Å²) in [4.78, 5) is 99.4. The number of carboxylic acids is 1. The predicted molar refractivity (Wildman–Crippen MR) is 438 cm³/mol. The second-order valence-electron chi connectivity index (χ2n) is 29.2. The number of carbonyl (C=O) groups excluding carboxylic acids is 2. The molecule has 12 aromatic rings. The molecule has 44 nitrogen and oxygen atoms in total. The molecule has 47 heteroatoms. The first-order chi connectivity index (χ1) is 58.1. The molecule has 17 rings (SSSR count). The van der Waals surface area contributed by atoms with Crippen molar-refractivity contribution in [1.82, 2.24) is 110 Å². The Morgan fingerprint density at radius 1 is 0.421 bits per heavy atom. The molecule has 4 N–H and O–H groups in total. The third-order valence-electron chi connectivity index (χ3n) is 18.2. The maximum absolute atomic E-state index is 12.3. The minimum absolute atomic E-state index is 0.0803. The summed E-state index contributed by atoms with van der Waals surface area (Å²) in [5.41, 5.74) is 4.54. The Morgan fingerprint density at radius 3 is 1.02 bits per heavy atom. The molecule has 3 aromatic carbocycles. The van der Waals surface area contributed by atoms with E-state index in [0.29, 0.717) is 216 Å². The number of aryl methyl sites for hydroxylation is 1. The summed E-state index contributed by atoms with van der Waals surface area (Å²) in [5, 5.41) is 82.1. The van der Waals surface area contributed by atoms with Crippen molar-refractivity contribution in [2.45, 2.75) is 85.8 Å². The lowest BCUT2D eigenvalue weighted by Gasteiger charge is -2.28. The van der Waals surface area contributed by atoms with E-state index in [2.05, 4.69) is 90.9 Å². The van der Waals surface area contributed by atoms with Gasteiger partial charge in [0.15, 0.2) is 85.4 Å². The second-order valence-corrected chi connectivity index (χ2v) is 30.2. The highest BCUT2D eigenvalue weighted by atomic mass is 35.5. The average Bonchev–Trinajstić information content (AvgIpc) is 1.63. The lowest BCUT2D eigenvalue weighted by molar-refractivity contribution is -0.384. The van der Waals surface area contributed by atoms with E-state index in [0.717, 1.165) is 24.5 Å². The Labute approximate surface area is 703 Å². The first-order valence-corrected chi connectivity index (χ1v) is 39.4. The van der Waals surface area contributed by atoms with Crippen molar-refractivity contribution in [1.29, 1.82) is 0 Å². The van der Waals surface area contributed by atoms with E-state index >= 15 is 0 Å². The number of phenols is 3. The zero-order chi connectivity index (χ0) is 85.7. The van der Waals surface area contributed by atoms with Crippen LogP contribution in [0.2, 0.25) is 15.7 Å². The Morgan fingerprint density at radius 2 is 0.711 bits per heavy atom. The lowest BCUT2D eigenvalue weighted by Crippen LogP contribution is -2.37. The van der Waals surface area contributed by atoms with Crippen molar-refractivity contribution in [3.8, 4) is 51.4 Å². The van der Waals surface area contributed by atoms with Gasteiger partial charge in [-0.3, -0.25) is 24.5 Å². The number of hydrogen-bond donors (Lipinski definition) is 4. The molecule has 5 saturated heterocycles. The maximum Gasteiger partial charge on any atom is 0.348 e. The van der Waals surface area contributed by atoms with Gasteiger partial charge in [0, 0.05) is 88.7 Å². The Bertz CT molecular complexity index is 5680. The largest absolute Gasteiger partial charge is 0.508 e. The van der Waals surface area contributed by atoms with Gasteiger partial charge in [-0.05, 0) is 108 Å². The lowest BCUT2D eigenvalue weighted by atomic mass is 10.2. The molecule has 14 heterocycles. The summed E-state index contributed by atoms with van der Waals surface area (Å²) in [6, 6.07) is 20.2. The van der Waals surface area contributed by atoms with Gasteiger partial charge in [-0.25, -0.2) is 48.6 Å². The van der Waals surface area contributed by atoms with Crippen LogP contribution in [-0.2, 0) is 73.7 Å². The quantitative estimate of drug-likeness (QED) is 0.0270. The fourth-order valence-electron chi connectivity index (χ4n) is 12.8. The number of ether oxygens (including phenoxy) is 7. The van der Waals surface area contributed by atoms with Gasteiger partial charge in [-0.2, -0.15) is 19.9 Å². The van der Waals surface area contributed by atoms with Crippen molar-refractivity contribution in [2.75, 3.05) is 156 Å². The van der Waals surface area contributed by atoms with Gasteiger partial charge in [-0.15, -0.1) is 20.4 Å². The molecule has 0 atom stereocenters. The van der Waals surface area contributed by atoms with Gasteiger partial charge >= 0.3 is 23.6 Å². The van der Waals surface area contributed by atoms with Crippen LogP contribution < -0.4 is 24.5 Å². The molecule has 0 bridgehead atoms. The molecule has 5 aliphatic rings.